The highest BCUT2D eigenvalue weighted by Crippen LogP contribution is 2.65. The number of aromatic nitrogens is 2. The maximum atomic E-state index is 13.0. The molecule has 7 nitrogen and oxygen atoms in total. The van der Waals surface area contributed by atoms with Crippen LogP contribution < -0.4 is 10.1 Å². The molecule has 0 bridgehead atoms. The van der Waals surface area contributed by atoms with Gasteiger partial charge in [-0.25, -0.2) is 0 Å². The number of hydrogen-bond acceptors (Lipinski definition) is 5. The van der Waals surface area contributed by atoms with Crippen LogP contribution in [0.1, 0.15) is 40.3 Å². The number of H-pyrrole nitrogens is 1. The van der Waals surface area contributed by atoms with Crippen LogP contribution in [-0.2, 0) is 21.5 Å². The molecule has 2 N–H and O–H groups in total. The maximum absolute atomic E-state index is 13.0. The molecule has 3 aliphatic rings. The number of hydrogen-bond donors (Lipinski definition) is 2. The molecule has 1 aromatic heterocycles. The minimum Gasteiger partial charge on any atom is -0.497 e. The monoisotopic (exact) mass is 506 g/mol. The summed E-state index contributed by atoms with van der Waals surface area (Å²) in [6.45, 7) is 4.52. The van der Waals surface area contributed by atoms with E-state index >= 15 is 0 Å². The van der Waals surface area contributed by atoms with E-state index in [1.807, 2.05) is 18.2 Å². The summed E-state index contributed by atoms with van der Waals surface area (Å²) >= 11 is 0. The number of ether oxygens (including phenoxy) is 2. The van der Waals surface area contributed by atoms with Crippen LogP contribution in [0.2, 0.25) is 0 Å². The van der Waals surface area contributed by atoms with Crippen molar-refractivity contribution in [3.05, 3.63) is 88.6 Å². The van der Waals surface area contributed by atoms with Crippen LogP contribution in [0.3, 0.4) is 0 Å². The number of methoxy groups -OCH3 is 1. The highest BCUT2D eigenvalue weighted by molar-refractivity contribution is 6.10. The zero-order valence-corrected chi connectivity index (χ0v) is 21.4. The summed E-state index contributed by atoms with van der Waals surface area (Å²) in [6, 6.07) is 20.9. The topological polar surface area (TPSA) is 79.5 Å². The Labute approximate surface area is 221 Å². The average Bonchev–Trinajstić information content (AvgIpc) is 3.49. The molecule has 0 unspecified atom stereocenters. The number of carbonyl (C=O) groups excluding carboxylic acids is 1. The quantitative estimate of drug-likeness (QED) is 0.387. The van der Waals surface area contributed by atoms with Crippen LogP contribution in [0.25, 0.3) is 23.1 Å². The van der Waals surface area contributed by atoms with Crippen molar-refractivity contribution < 1.29 is 14.3 Å². The van der Waals surface area contributed by atoms with Gasteiger partial charge in [0, 0.05) is 36.6 Å². The van der Waals surface area contributed by atoms with Crippen LogP contribution in [-0.4, -0.2) is 54.4 Å². The zero-order valence-electron chi connectivity index (χ0n) is 21.4. The first kappa shape index (κ1) is 23.2. The van der Waals surface area contributed by atoms with Crippen molar-refractivity contribution in [2.24, 2.45) is 0 Å². The highest BCUT2D eigenvalue weighted by Gasteiger charge is 2.65. The lowest BCUT2D eigenvalue weighted by Gasteiger charge is -2.26. The SMILES string of the molecule is COc1ccc2c(c1)[C@]1(C[C@H]1c1ccc3c(C=Cc4cccc(CN5CCOCC5)c4)n[nH]c3c1)C(=O)N2. The molecule has 7 heteroatoms. The van der Waals surface area contributed by atoms with Gasteiger partial charge in [-0.05, 0) is 59.0 Å². The summed E-state index contributed by atoms with van der Waals surface area (Å²) in [5.74, 6) is 0.990. The summed E-state index contributed by atoms with van der Waals surface area (Å²) in [5.41, 5.74) is 6.92. The Balaban J connectivity index is 1.11. The first-order chi connectivity index (χ1) is 18.6. The highest BCUT2D eigenvalue weighted by atomic mass is 16.5. The molecule has 2 aliphatic heterocycles. The Morgan fingerprint density at radius 1 is 1.11 bits per heavy atom. The van der Waals surface area contributed by atoms with Gasteiger partial charge in [-0.15, -0.1) is 0 Å². The predicted molar refractivity (Wildman–Crippen MR) is 148 cm³/mol. The fourth-order valence-corrected chi connectivity index (χ4v) is 6.09. The van der Waals surface area contributed by atoms with E-state index in [2.05, 4.69) is 75.0 Å². The Bertz CT molecular complexity index is 1570. The van der Waals surface area contributed by atoms with E-state index < -0.39 is 5.41 Å². The lowest BCUT2D eigenvalue weighted by atomic mass is 9.91. The molecule has 7 rings (SSSR count). The van der Waals surface area contributed by atoms with Gasteiger partial charge in [0.2, 0.25) is 5.91 Å². The standard InChI is InChI=1S/C31H30N4O3/c1-37-23-7-10-28-25(17-23)31(30(36)32-28)18-26(31)22-6-8-24-27(33-34-29(24)16-22)9-5-20-3-2-4-21(15-20)19-35-11-13-38-14-12-35/h2-10,15-17,26H,11-14,18-19H2,1H3,(H,32,36)(H,33,34)/t26-,31-/m0/s1. The minimum atomic E-state index is -0.507. The fraction of sp³-hybridized carbons (Fsp3) is 0.290. The third-order valence-corrected chi connectivity index (χ3v) is 8.23. The number of nitrogens with zero attached hydrogens (tertiary/aromatic N) is 2. The smallest absolute Gasteiger partial charge is 0.235 e. The van der Waals surface area contributed by atoms with Gasteiger partial charge in [0.1, 0.15) is 5.75 Å². The van der Waals surface area contributed by atoms with Crippen LogP contribution >= 0.6 is 0 Å². The van der Waals surface area contributed by atoms with Gasteiger partial charge < -0.3 is 14.8 Å². The summed E-state index contributed by atoms with van der Waals surface area (Å²) in [6.07, 6.45) is 4.99. The molecule has 3 aromatic carbocycles. The fourth-order valence-electron chi connectivity index (χ4n) is 6.09. The molecule has 192 valence electrons. The molecule has 1 amide bonds. The molecular weight excluding hydrogens is 476 g/mol. The molecule has 2 atom stereocenters. The molecular formula is C31H30N4O3. The van der Waals surface area contributed by atoms with Crippen molar-refractivity contribution in [1.82, 2.24) is 15.1 Å². The van der Waals surface area contributed by atoms with Gasteiger partial charge >= 0.3 is 0 Å². The summed E-state index contributed by atoms with van der Waals surface area (Å²) in [4.78, 5) is 15.5. The second-order valence-corrected chi connectivity index (χ2v) is 10.5. The number of rotatable bonds is 6. The van der Waals surface area contributed by atoms with E-state index in [4.69, 9.17) is 9.47 Å². The number of anilines is 1. The number of fused-ring (bicyclic) bond motifs is 3. The van der Waals surface area contributed by atoms with E-state index in [-0.39, 0.29) is 11.8 Å². The Kier molecular flexibility index (Phi) is 5.56. The zero-order chi connectivity index (χ0) is 25.7. The van der Waals surface area contributed by atoms with Crippen molar-refractivity contribution in [1.29, 1.82) is 0 Å². The van der Waals surface area contributed by atoms with Crippen molar-refractivity contribution in [3.63, 3.8) is 0 Å². The normalized spacial score (nSPS) is 22.8. The molecule has 2 fully saturated rings. The largest absolute Gasteiger partial charge is 0.497 e. The van der Waals surface area contributed by atoms with Crippen molar-refractivity contribution in [3.8, 4) is 5.75 Å². The average molecular weight is 507 g/mol. The molecule has 1 aliphatic carbocycles. The van der Waals surface area contributed by atoms with E-state index in [0.29, 0.717) is 0 Å². The molecule has 1 saturated carbocycles. The molecule has 38 heavy (non-hydrogen) atoms. The van der Waals surface area contributed by atoms with Crippen molar-refractivity contribution >= 4 is 34.6 Å². The third-order valence-electron chi connectivity index (χ3n) is 8.23. The molecule has 1 saturated heterocycles. The molecule has 4 aromatic rings. The van der Waals surface area contributed by atoms with Crippen LogP contribution in [0.5, 0.6) is 5.75 Å². The van der Waals surface area contributed by atoms with Crippen molar-refractivity contribution in [2.45, 2.75) is 24.3 Å². The Morgan fingerprint density at radius 3 is 2.87 bits per heavy atom. The van der Waals surface area contributed by atoms with Gasteiger partial charge in [0.05, 0.1) is 36.9 Å². The second-order valence-electron chi connectivity index (χ2n) is 10.5. The second kappa shape index (κ2) is 9.11. The Hall–Kier alpha value is -3.94. The van der Waals surface area contributed by atoms with Gasteiger partial charge in [0.25, 0.3) is 0 Å². The number of nitrogens with one attached hydrogen (secondary N) is 2. The summed E-state index contributed by atoms with van der Waals surface area (Å²) < 4.78 is 10.9. The Morgan fingerprint density at radius 2 is 2.00 bits per heavy atom. The molecule has 1 spiro atoms. The van der Waals surface area contributed by atoms with Crippen LogP contribution in [0.15, 0.2) is 60.7 Å². The first-order valence-corrected chi connectivity index (χ1v) is 13.2. The first-order valence-electron chi connectivity index (χ1n) is 13.2. The van der Waals surface area contributed by atoms with Gasteiger partial charge in [-0.1, -0.05) is 42.5 Å². The molecule has 3 heterocycles. The van der Waals surface area contributed by atoms with Crippen molar-refractivity contribution in [2.75, 3.05) is 38.7 Å². The third kappa shape index (κ3) is 3.90. The molecule has 0 radical (unpaired) electrons. The summed E-state index contributed by atoms with van der Waals surface area (Å²) in [7, 11) is 1.66. The number of aromatic amines is 1. The van der Waals surface area contributed by atoms with Gasteiger partial charge in [0.15, 0.2) is 0 Å². The van der Waals surface area contributed by atoms with Gasteiger partial charge in [-0.2, -0.15) is 5.10 Å². The van der Waals surface area contributed by atoms with E-state index in [1.165, 1.54) is 5.56 Å². The number of carbonyl (C=O) groups is 1. The van der Waals surface area contributed by atoms with E-state index in [1.54, 1.807) is 7.11 Å². The van der Waals surface area contributed by atoms with E-state index in [0.717, 1.165) is 84.0 Å². The summed E-state index contributed by atoms with van der Waals surface area (Å²) in [5, 5.41) is 11.9. The number of morpholine rings is 1. The number of amides is 1. The van der Waals surface area contributed by atoms with Crippen LogP contribution in [0.4, 0.5) is 5.69 Å². The number of benzene rings is 3. The van der Waals surface area contributed by atoms with Crippen LogP contribution in [0, 0.1) is 0 Å². The predicted octanol–water partition coefficient (Wildman–Crippen LogP) is 4.95. The minimum absolute atomic E-state index is 0.0786. The maximum Gasteiger partial charge on any atom is 0.235 e. The van der Waals surface area contributed by atoms with E-state index in [9.17, 15) is 4.79 Å². The lowest BCUT2D eigenvalue weighted by Crippen LogP contribution is -2.35. The lowest BCUT2D eigenvalue weighted by molar-refractivity contribution is -0.118. The van der Waals surface area contributed by atoms with Gasteiger partial charge in [-0.3, -0.25) is 14.8 Å².